The van der Waals surface area contributed by atoms with Crippen molar-refractivity contribution in [2.45, 2.75) is 19.3 Å². The van der Waals surface area contributed by atoms with E-state index in [1.807, 2.05) is 13.1 Å². The molecule has 0 saturated carbocycles. The summed E-state index contributed by atoms with van der Waals surface area (Å²) in [6.45, 7) is 4.38. The van der Waals surface area contributed by atoms with Gasteiger partial charge in [-0.15, -0.1) is 0 Å². The first-order valence-corrected chi connectivity index (χ1v) is 6.56. The van der Waals surface area contributed by atoms with Gasteiger partial charge < -0.3 is 21.3 Å². The minimum atomic E-state index is 0.294. The van der Waals surface area contributed by atoms with Crippen molar-refractivity contribution in [2.75, 3.05) is 49.6 Å². The molecule has 1 aromatic rings. The van der Waals surface area contributed by atoms with Crippen LogP contribution in [0.2, 0.25) is 0 Å². The Kier molecular flexibility index (Phi) is 4.58. The van der Waals surface area contributed by atoms with E-state index in [0.717, 1.165) is 24.7 Å². The zero-order valence-corrected chi connectivity index (χ0v) is 10.9. The van der Waals surface area contributed by atoms with E-state index in [0.29, 0.717) is 5.95 Å². The summed E-state index contributed by atoms with van der Waals surface area (Å²) in [6.07, 6.45) is 4.02. The predicted molar refractivity (Wildman–Crippen MR) is 74.8 cm³/mol. The Labute approximate surface area is 108 Å². The van der Waals surface area contributed by atoms with Crippen LogP contribution in [0.15, 0.2) is 6.07 Å². The standard InChI is InChI=1S/C12H22N6/c1-14-10-9-11(17-12(13)16-10)15-5-8-18-6-3-2-4-7-18/h9H,2-8H2,1H3,(H4,13,14,15,16,17). The van der Waals surface area contributed by atoms with Crippen molar-refractivity contribution in [1.82, 2.24) is 14.9 Å². The largest absolute Gasteiger partial charge is 0.373 e. The monoisotopic (exact) mass is 250 g/mol. The predicted octanol–water partition coefficient (Wildman–Crippen LogP) is 0.998. The zero-order valence-electron chi connectivity index (χ0n) is 10.9. The van der Waals surface area contributed by atoms with Crippen molar-refractivity contribution >= 4 is 17.6 Å². The molecule has 0 aliphatic carbocycles. The lowest BCUT2D eigenvalue weighted by Crippen LogP contribution is -2.33. The lowest BCUT2D eigenvalue weighted by atomic mass is 10.1. The van der Waals surface area contributed by atoms with Crippen molar-refractivity contribution in [1.29, 1.82) is 0 Å². The summed E-state index contributed by atoms with van der Waals surface area (Å²) >= 11 is 0. The van der Waals surface area contributed by atoms with E-state index in [4.69, 9.17) is 5.73 Å². The number of piperidine rings is 1. The molecule has 0 atom stereocenters. The summed E-state index contributed by atoms with van der Waals surface area (Å²) < 4.78 is 0. The molecule has 2 rings (SSSR count). The van der Waals surface area contributed by atoms with Crippen LogP contribution in [0.25, 0.3) is 0 Å². The number of likely N-dealkylation sites (tertiary alicyclic amines) is 1. The highest BCUT2D eigenvalue weighted by atomic mass is 15.2. The van der Waals surface area contributed by atoms with Gasteiger partial charge in [0.05, 0.1) is 0 Å². The van der Waals surface area contributed by atoms with Gasteiger partial charge in [-0.1, -0.05) is 6.42 Å². The number of anilines is 3. The second-order valence-corrected chi connectivity index (χ2v) is 4.58. The third-order valence-corrected chi connectivity index (χ3v) is 3.18. The van der Waals surface area contributed by atoms with Crippen LogP contribution in [0, 0.1) is 0 Å². The molecule has 4 N–H and O–H groups in total. The van der Waals surface area contributed by atoms with Crippen LogP contribution in [0.5, 0.6) is 0 Å². The van der Waals surface area contributed by atoms with Gasteiger partial charge in [0.1, 0.15) is 11.6 Å². The fourth-order valence-corrected chi connectivity index (χ4v) is 2.21. The number of hydrogen-bond acceptors (Lipinski definition) is 6. The molecule has 100 valence electrons. The summed E-state index contributed by atoms with van der Waals surface area (Å²) in [4.78, 5) is 10.7. The molecule has 0 amide bonds. The van der Waals surface area contributed by atoms with Gasteiger partial charge in [0.15, 0.2) is 0 Å². The van der Waals surface area contributed by atoms with Gasteiger partial charge in [-0.3, -0.25) is 0 Å². The first kappa shape index (κ1) is 12.9. The van der Waals surface area contributed by atoms with E-state index < -0.39 is 0 Å². The molecule has 1 saturated heterocycles. The summed E-state index contributed by atoms with van der Waals surface area (Å²) in [5.41, 5.74) is 5.64. The second kappa shape index (κ2) is 6.39. The molecule has 0 aromatic carbocycles. The zero-order chi connectivity index (χ0) is 12.8. The summed E-state index contributed by atoms with van der Waals surface area (Å²) in [7, 11) is 1.82. The third-order valence-electron chi connectivity index (χ3n) is 3.18. The first-order valence-electron chi connectivity index (χ1n) is 6.56. The molecule has 1 aliphatic rings. The van der Waals surface area contributed by atoms with Crippen LogP contribution in [-0.2, 0) is 0 Å². The fraction of sp³-hybridized carbons (Fsp3) is 0.667. The Morgan fingerprint density at radius 3 is 2.67 bits per heavy atom. The quantitative estimate of drug-likeness (QED) is 0.723. The Morgan fingerprint density at radius 2 is 1.94 bits per heavy atom. The molecular formula is C12H22N6. The minimum Gasteiger partial charge on any atom is -0.373 e. The Bertz CT molecular complexity index is 375. The van der Waals surface area contributed by atoms with E-state index in [-0.39, 0.29) is 0 Å². The fourth-order valence-electron chi connectivity index (χ4n) is 2.21. The van der Waals surface area contributed by atoms with Crippen molar-refractivity contribution in [3.8, 4) is 0 Å². The van der Waals surface area contributed by atoms with Crippen LogP contribution in [0.4, 0.5) is 17.6 Å². The third kappa shape index (κ3) is 3.73. The maximum absolute atomic E-state index is 5.64. The van der Waals surface area contributed by atoms with Crippen LogP contribution in [0.3, 0.4) is 0 Å². The van der Waals surface area contributed by atoms with Crippen LogP contribution in [-0.4, -0.2) is 48.1 Å². The Morgan fingerprint density at radius 1 is 1.22 bits per heavy atom. The first-order chi connectivity index (χ1) is 8.78. The summed E-state index contributed by atoms with van der Waals surface area (Å²) in [6, 6.07) is 1.87. The molecule has 2 heterocycles. The van der Waals surface area contributed by atoms with Gasteiger partial charge >= 0.3 is 0 Å². The summed E-state index contributed by atoms with van der Waals surface area (Å²) in [5.74, 6) is 1.81. The van der Waals surface area contributed by atoms with Crippen LogP contribution in [0.1, 0.15) is 19.3 Å². The molecule has 0 bridgehead atoms. The SMILES string of the molecule is CNc1cc(NCCN2CCCCC2)nc(N)n1. The normalized spacial score (nSPS) is 16.5. The summed E-state index contributed by atoms with van der Waals surface area (Å²) in [5, 5.41) is 6.26. The van der Waals surface area contributed by atoms with Gasteiger partial charge in [-0.25, -0.2) is 0 Å². The van der Waals surface area contributed by atoms with E-state index in [1.165, 1.54) is 32.4 Å². The highest BCUT2D eigenvalue weighted by molar-refractivity contribution is 5.50. The van der Waals surface area contributed by atoms with E-state index >= 15 is 0 Å². The number of aromatic nitrogens is 2. The van der Waals surface area contributed by atoms with Crippen molar-refractivity contribution in [3.05, 3.63) is 6.07 Å². The smallest absolute Gasteiger partial charge is 0.223 e. The highest BCUT2D eigenvalue weighted by Gasteiger charge is 2.09. The van der Waals surface area contributed by atoms with Crippen molar-refractivity contribution in [3.63, 3.8) is 0 Å². The molecule has 0 radical (unpaired) electrons. The molecule has 6 heteroatoms. The number of nitrogens with two attached hydrogens (primary N) is 1. The van der Waals surface area contributed by atoms with Gasteiger partial charge in [0.2, 0.25) is 5.95 Å². The number of nitrogen functional groups attached to an aromatic ring is 1. The van der Waals surface area contributed by atoms with Crippen molar-refractivity contribution < 1.29 is 0 Å². The lowest BCUT2D eigenvalue weighted by molar-refractivity contribution is 0.237. The maximum atomic E-state index is 5.64. The van der Waals surface area contributed by atoms with E-state index in [9.17, 15) is 0 Å². The number of hydrogen-bond donors (Lipinski definition) is 3. The second-order valence-electron chi connectivity index (χ2n) is 4.58. The molecule has 6 nitrogen and oxygen atoms in total. The maximum Gasteiger partial charge on any atom is 0.223 e. The molecule has 0 spiro atoms. The number of nitrogens with one attached hydrogen (secondary N) is 2. The average Bonchev–Trinajstić information content (AvgIpc) is 2.39. The van der Waals surface area contributed by atoms with Crippen LogP contribution < -0.4 is 16.4 Å². The molecule has 18 heavy (non-hydrogen) atoms. The van der Waals surface area contributed by atoms with Crippen LogP contribution >= 0.6 is 0 Å². The van der Waals surface area contributed by atoms with Gasteiger partial charge in [0, 0.05) is 26.2 Å². The molecule has 1 aromatic heterocycles. The average molecular weight is 250 g/mol. The molecule has 1 aliphatic heterocycles. The van der Waals surface area contributed by atoms with E-state index in [1.54, 1.807) is 0 Å². The molecule has 0 unspecified atom stereocenters. The molecule has 1 fully saturated rings. The molecular weight excluding hydrogens is 228 g/mol. The minimum absolute atomic E-state index is 0.294. The van der Waals surface area contributed by atoms with Gasteiger partial charge in [0.25, 0.3) is 0 Å². The van der Waals surface area contributed by atoms with E-state index in [2.05, 4.69) is 25.5 Å². The van der Waals surface area contributed by atoms with Crippen molar-refractivity contribution in [2.24, 2.45) is 0 Å². The lowest BCUT2D eigenvalue weighted by Gasteiger charge is -2.26. The Hall–Kier alpha value is -1.56. The van der Waals surface area contributed by atoms with Gasteiger partial charge in [-0.05, 0) is 25.9 Å². The number of rotatable bonds is 5. The number of nitrogens with zero attached hydrogens (tertiary/aromatic N) is 3. The highest BCUT2D eigenvalue weighted by Crippen LogP contribution is 2.12. The van der Waals surface area contributed by atoms with Gasteiger partial charge in [-0.2, -0.15) is 9.97 Å². The Balaban J connectivity index is 1.80. The topological polar surface area (TPSA) is 79.1 Å².